The summed E-state index contributed by atoms with van der Waals surface area (Å²) in [5.41, 5.74) is 0.00193. The predicted octanol–water partition coefficient (Wildman–Crippen LogP) is 4.42. The summed E-state index contributed by atoms with van der Waals surface area (Å²) < 4.78 is 13.8. The molecule has 0 aliphatic heterocycles. The average molecular weight is 348 g/mol. The molecule has 2 rings (SSSR count). The topological polar surface area (TPSA) is 72.2 Å². The molecule has 0 spiro atoms. The first-order chi connectivity index (χ1) is 11.5. The molecule has 2 aromatic carbocycles. The van der Waals surface area contributed by atoms with Crippen LogP contribution in [-0.4, -0.2) is 17.4 Å². The molecule has 2 aromatic rings. The SMILES string of the molecule is CCCCNC(=O)c1cc([N+](=O)[O-])ccc1Sc1ccccc1F. The molecule has 0 saturated heterocycles. The summed E-state index contributed by atoms with van der Waals surface area (Å²) in [5.74, 6) is -0.802. The molecule has 7 heteroatoms. The number of halogens is 1. The zero-order valence-corrected chi connectivity index (χ0v) is 13.9. The van der Waals surface area contributed by atoms with E-state index in [1.165, 1.54) is 24.3 Å². The Labute approximate surface area is 143 Å². The van der Waals surface area contributed by atoms with Gasteiger partial charge in [0.25, 0.3) is 11.6 Å². The van der Waals surface area contributed by atoms with Crippen molar-refractivity contribution in [3.05, 3.63) is 64.0 Å². The molecule has 0 heterocycles. The van der Waals surface area contributed by atoms with Crippen LogP contribution in [0.1, 0.15) is 30.1 Å². The summed E-state index contributed by atoms with van der Waals surface area (Å²) in [6.07, 6.45) is 1.74. The van der Waals surface area contributed by atoms with Crippen LogP contribution in [0.15, 0.2) is 52.3 Å². The van der Waals surface area contributed by atoms with Crippen LogP contribution in [0.3, 0.4) is 0 Å². The third kappa shape index (κ3) is 4.55. The highest BCUT2D eigenvalue weighted by molar-refractivity contribution is 7.99. The normalized spacial score (nSPS) is 10.4. The number of hydrogen-bond donors (Lipinski definition) is 1. The number of rotatable bonds is 7. The molecule has 0 aromatic heterocycles. The molecule has 0 aliphatic carbocycles. The highest BCUT2D eigenvalue weighted by atomic mass is 32.2. The van der Waals surface area contributed by atoms with E-state index >= 15 is 0 Å². The summed E-state index contributed by atoms with van der Waals surface area (Å²) in [6, 6.07) is 10.2. The molecule has 0 saturated carbocycles. The lowest BCUT2D eigenvalue weighted by Gasteiger charge is -2.10. The van der Waals surface area contributed by atoms with E-state index in [1.807, 2.05) is 6.92 Å². The number of nitro groups is 1. The van der Waals surface area contributed by atoms with Crippen LogP contribution in [-0.2, 0) is 0 Å². The van der Waals surface area contributed by atoms with Crippen molar-refractivity contribution < 1.29 is 14.1 Å². The molecular formula is C17H17FN2O3S. The van der Waals surface area contributed by atoms with E-state index < -0.39 is 16.6 Å². The van der Waals surface area contributed by atoms with Crippen LogP contribution in [0.5, 0.6) is 0 Å². The van der Waals surface area contributed by atoms with Crippen molar-refractivity contribution in [2.75, 3.05) is 6.54 Å². The minimum Gasteiger partial charge on any atom is -0.352 e. The van der Waals surface area contributed by atoms with Gasteiger partial charge in [-0.05, 0) is 24.6 Å². The van der Waals surface area contributed by atoms with Crippen molar-refractivity contribution in [1.29, 1.82) is 0 Å². The third-order valence-electron chi connectivity index (χ3n) is 3.29. The maximum absolute atomic E-state index is 13.8. The van der Waals surface area contributed by atoms with Gasteiger partial charge in [0.05, 0.1) is 10.5 Å². The highest BCUT2D eigenvalue weighted by Crippen LogP contribution is 2.34. The lowest BCUT2D eigenvalue weighted by molar-refractivity contribution is -0.384. The number of benzene rings is 2. The van der Waals surface area contributed by atoms with Gasteiger partial charge in [-0.3, -0.25) is 14.9 Å². The van der Waals surface area contributed by atoms with Gasteiger partial charge < -0.3 is 5.32 Å². The van der Waals surface area contributed by atoms with Gasteiger partial charge in [0.2, 0.25) is 0 Å². The highest BCUT2D eigenvalue weighted by Gasteiger charge is 2.18. The minimum absolute atomic E-state index is 0.173. The van der Waals surface area contributed by atoms with Crippen LogP contribution < -0.4 is 5.32 Å². The predicted molar refractivity (Wildman–Crippen MR) is 90.9 cm³/mol. The van der Waals surface area contributed by atoms with Gasteiger partial charge in [-0.1, -0.05) is 37.2 Å². The van der Waals surface area contributed by atoms with E-state index in [2.05, 4.69) is 5.32 Å². The first-order valence-electron chi connectivity index (χ1n) is 7.52. The number of carbonyl (C=O) groups is 1. The number of carbonyl (C=O) groups excluding carboxylic acids is 1. The van der Waals surface area contributed by atoms with Gasteiger partial charge in [0, 0.05) is 28.5 Å². The molecular weight excluding hydrogens is 331 g/mol. The van der Waals surface area contributed by atoms with E-state index in [0.29, 0.717) is 16.3 Å². The van der Waals surface area contributed by atoms with E-state index in [1.54, 1.807) is 18.2 Å². The van der Waals surface area contributed by atoms with Crippen molar-refractivity contribution in [3.63, 3.8) is 0 Å². The monoisotopic (exact) mass is 348 g/mol. The first-order valence-corrected chi connectivity index (χ1v) is 8.33. The summed E-state index contributed by atoms with van der Waals surface area (Å²) >= 11 is 1.07. The Morgan fingerprint density at radius 1 is 1.25 bits per heavy atom. The Kier molecular flexibility index (Phi) is 6.31. The summed E-state index contributed by atoms with van der Waals surface area (Å²) in [5, 5.41) is 13.7. The summed E-state index contributed by atoms with van der Waals surface area (Å²) in [4.78, 5) is 23.6. The Hall–Kier alpha value is -2.41. The Morgan fingerprint density at radius 2 is 2.00 bits per heavy atom. The molecule has 126 valence electrons. The van der Waals surface area contributed by atoms with Gasteiger partial charge in [-0.2, -0.15) is 0 Å². The largest absolute Gasteiger partial charge is 0.352 e. The average Bonchev–Trinajstić information content (AvgIpc) is 2.57. The lowest BCUT2D eigenvalue weighted by Crippen LogP contribution is -2.25. The second kappa shape index (κ2) is 8.44. The summed E-state index contributed by atoms with van der Waals surface area (Å²) in [7, 11) is 0. The van der Waals surface area contributed by atoms with Crippen molar-refractivity contribution in [2.24, 2.45) is 0 Å². The number of amides is 1. The number of nitrogens with zero attached hydrogens (tertiary/aromatic N) is 1. The molecule has 0 atom stereocenters. The number of unbranched alkanes of at least 4 members (excludes halogenated alkanes) is 1. The van der Waals surface area contributed by atoms with Crippen LogP contribution in [0, 0.1) is 15.9 Å². The Balaban J connectivity index is 2.33. The third-order valence-corrected chi connectivity index (χ3v) is 4.42. The number of non-ortho nitro benzene ring substituents is 1. The van der Waals surface area contributed by atoms with Gasteiger partial charge in [-0.15, -0.1) is 0 Å². The van der Waals surface area contributed by atoms with Crippen LogP contribution in [0.2, 0.25) is 0 Å². The molecule has 1 N–H and O–H groups in total. The molecule has 1 amide bonds. The maximum Gasteiger partial charge on any atom is 0.270 e. The second-order valence-corrected chi connectivity index (χ2v) is 6.16. The van der Waals surface area contributed by atoms with Crippen molar-refractivity contribution in [3.8, 4) is 0 Å². The smallest absolute Gasteiger partial charge is 0.270 e. The number of nitrogens with one attached hydrogen (secondary N) is 1. The fraction of sp³-hybridized carbons (Fsp3) is 0.235. The molecule has 0 bridgehead atoms. The quantitative estimate of drug-likeness (QED) is 0.457. The Bertz CT molecular complexity index is 752. The molecule has 5 nitrogen and oxygen atoms in total. The zero-order valence-electron chi connectivity index (χ0n) is 13.1. The fourth-order valence-corrected chi connectivity index (χ4v) is 2.96. The molecule has 0 fully saturated rings. The van der Waals surface area contributed by atoms with E-state index in [0.717, 1.165) is 24.6 Å². The second-order valence-electron chi connectivity index (χ2n) is 5.08. The molecule has 0 unspecified atom stereocenters. The fourth-order valence-electron chi connectivity index (χ4n) is 2.02. The maximum atomic E-state index is 13.8. The van der Waals surface area contributed by atoms with Gasteiger partial charge in [-0.25, -0.2) is 4.39 Å². The van der Waals surface area contributed by atoms with Crippen molar-refractivity contribution >= 4 is 23.4 Å². The molecule has 0 aliphatic rings. The Morgan fingerprint density at radius 3 is 2.67 bits per heavy atom. The summed E-state index contributed by atoms with van der Waals surface area (Å²) in [6.45, 7) is 2.49. The van der Waals surface area contributed by atoms with Crippen LogP contribution in [0.4, 0.5) is 10.1 Å². The molecule has 0 radical (unpaired) electrons. The van der Waals surface area contributed by atoms with Crippen LogP contribution >= 0.6 is 11.8 Å². The number of hydrogen-bond acceptors (Lipinski definition) is 4. The van der Waals surface area contributed by atoms with Crippen molar-refractivity contribution in [2.45, 2.75) is 29.6 Å². The van der Waals surface area contributed by atoms with Gasteiger partial charge >= 0.3 is 0 Å². The minimum atomic E-state index is -0.555. The number of nitro benzene ring substituents is 1. The van der Waals surface area contributed by atoms with Crippen molar-refractivity contribution in [1.82, 2.24) is 5.32 Å². The molecule has 24 heavy (non-hydrogen) atoms. The standard InChI is InChI=1S/C17H17FN2O3S/c1-2-3-10-19-17(21)13-11-12(20(22)23)8-9-15(13)24-16-7-5-4-6-14(16)18/h4-9,11H,2-3,10H2,1H3,(H,19,21). The van der Waals surface area contributed by atoms with Gasteiger partial charge in [0.15, 0.2) is 0 Å². The van der Waals surface area contributed by atoms with E-state index in [-0.39, 0.29) is 11.3 Å². The van der Waals surface area contributed by atoms with E-state index in [4.69, 9.17) is 0 Å². The van der Waals surface area contributed by atoms with Crippen LogP contribution in [0.25, 0.3) is 0 Å². The lowest BCUT2D eigenvalue weighted by atomic mass is 10.2. The van der Waals surface area contributed by atoms with E-state index in [9.17, 15) is 19.3 Å². The zero-order chi connectivity index (χ0) is 17.5. The van der Waals surface area contributed by atoms with Gasteiger partial charge in [0.1, 0.15) is 5.82 Å². The first kappa shape index (κ1) is 17.9.